The Morgan fingerprint density at radius 1 is 1.00 bits per heavy atom. The molecule has 0 fully saturated rings. The van der Waals surface area contributed by atoms with Crippen LogP contribution < -0.4 is 10.0 Å². The predicted octanol–water partition coefficient (Wildman–Crippen LogP) is 1.95. The van der Waals surface area contributed by atoms with E-state index in [9.17, 15) is 13.2 Å². The first-order valence-corrected chi connectivity index (χ1v) is 10.7. The summed E-state index contributed by atoms with van der Waals surface area (Å²) in [6.07, 6.45) is 2.05. The quantitative estimate of drug-likeness (QED) is 0.845. The van der Waals surface area contributed by atoms with Crippen molar-refractivity contribution < 1.29 is 13.2 Å². The molecular formula is C20H22N2O3S. The average molecular weight is 370 g/mol. The lowest BCUT2D eigenvalue weighted by atomic mass is 9.59. The van der Waals surface area contributed by atoms with Crippen LogP contribution in [-0.2, 0) is 14.8 Å². The molecule has 5 nitrogen and oxygen atoms in total. The molecule has 0 radical (unpaired) electrons. The number of rotatable bonds is 5. The lowest BCUT2D eigenvalue weighted by Gasteiger charge is -2.45. The van der Waals surface area contributed by atoms with Crippen LogP contribution in [0.15, 0.2) is 48.5 Å². The number of sulfonamides is 1. The molecule has 2 aromatic rings. The molecule has 2 aromatic carbocycles. The molecule has 3 aliphatic rings. The van der Waals surface area contributed by atoms with Crippen LogP contribution in [0.2, 0.25) is 0 Å². The van der Waals surface area contributed by atoms with Crippen molar-refractivity contribution in [2.75, 3.05) is 19.3 Å². The zero-order valence-electron chi connectivity index (χ0n) is 14.6. The molecule has 0 aromatic heterocycles. The molecule has 26 heavy (non-hydrogen) atoms. The Bertz CT molecular complexity index is 908. The van der Waals surface area contributed by atoms with E-state index in [1.807, 2.05) is 0 Å². The molecule has 1 atom stereocenters. The second-order valence-corrected chi connectivity index (χ2v) is 9.01. The fraction of sp³-hybridized carbons (Fsp3) is 0.350. The number of hydrogen-bond donors (Lipinski definition) is 2. The summed E-state index contributed by atoms with van der Waals surface area (Å²) in [7, 11) is -3.36. The van der Waals surface area contributed by atoms with Crippen molar-refractivity contribution in [1.29, 1.82) is 0 Å². The highest BCUT2D eigenvalue weighted by Gasteiger charge is 2.42. The van der Waals surface area contributed by atoms with Gasteiger partial charge in [-0.25, -0.2) is 13.1 Å². The van der Waals surface area contributed by atoms with Gasteiger partial charge < -0.3 is 5.32 Å². The minimum absolute atomic E-state index is 0.215. The first-order valence-electron chi connectivity index (χ1n) is 8.83. The maximum Gasteiger partial charge on any atom is 0.235 e. The molecule has 2 bridgehead atoms. The Kier molecular flexibility index (Phi) is 4.32. The molecule has 0 saturated carbocycles. The van der Waals surface area contributed by atoms with Crippen LogP contribution in [0.4, 0.5) is 0 Å². The number of benzene rings is 2. The monoisotopic (exact) mass is 370 g/mol. The minimum Gasteiger partial charge on any atom is -0.355 e. The molecule has 0 heterocycles. The van der Waals surface area contributed by atoms with E-state index in [2.05, 4.69) is 58.6 Å². The SMILES string of the molecule is CS(=O)(=O)NCC(=O)NC[C@@H]1CC2c3ccccc3C1c1ccccc12. The van der Waals surface area contributed by atoms with Crippen molar-refractivity contribution in [2.24, 2.45) is 5.92 Å². The Hall–Kier alpha value is -2.18. The van der Waals surface area contributed by atoms with Gasteiger partial charge in [0.1, 0.15) is 0 Å². The molecule has 5 rings (SSSR count). The van der Waals surface area contributed by atoms with Gasteiger partial charge in [0.15, 0.2) is 0 Å². The largest absolute Gasteiger partial charge is 0.355 e. The van der Waals surface area contributed by atoms with Gasteiger partial charge in [0.25, 0.3) is 0 Å². The number of carbonyl (C=O) groups is 1. The highest BCUT2D eigenvalue weighted by atomic mass is 32.2. The van der Waals surface area contributed by atoms with Crippen LogP contribution in [0.5, 0.6) is 0 Å². The molecule has 2 N–H and O–H groups in total. The summed E-state index contributed by atoms with van der Waals surface area (Å²) in [5.74, 6) is 0.657. The van der Waals surface area contributed by atoms with Crippen LogP contribution in [0.25, 0.3) is 0 Å². The summed E-state index contributed by atoms with van der Waals surface area (Å²) in [5.41, 5.74) is 5.52. The second kappa shape index (κ2) is 6.52. The zero-order chi connectivity index (χ0) is 18.3. The first-order chi connectivity index (χ1) is 12.4. The Labute approximate surface area is 153 Å². The number of carbonyl (C=O) groups excluding carboxylic acids is 1. The van der Waals surface area contributed by atoms with Crippen LogP contribution in [0.1, 0.15) is 40.5 Å². The van der Waals surface area contributed by atoms with E-state index < -0.39 is 10.0 Å². The third-order valence-electron chi connectivity index (χ3n) is 5.48. The maximum atomic E-state index is 12.0. The van der Waals surface area contributed by atoms with Gasteiger partial charge in [0.2, 0.25) is 15.9 Å². The fourth-order valence-corrected chi connectivity index (χ4v) is 4.86. The molecule has 3 aliphatic carbocycles. The fourth-order valence-electron chi connectivity index (χ4n) is 4.46. The van der Waals surface area contributed by atoms with Crippen LogP contribution in [0, 0.1) is 5.92 Å². The summed E-state index contributed by atoms with van der Waals surface area (Å²) in [5, 5.41) is 2.91. The zero-order valence-corrected chi connectivity index (χ0v) is 15.4. The standard InChI is InChI=1S/C20H22N2O3S/c1-26(24,25)22-12-19(23)21-11-13-10-18-14-6-2-4-8-16(14)20(13)17-9-5-3-7-15(17)18/h2-9,13,18,20,22H,10-12H2,1H3,(H,21,23)/t13-,18?,20?/m0/s1. The summed E-state index contributed by atoms with van der Waals surface area (Å²) in [6, 6.07) is 17.2. The Morgan fingerprint density at radius 3 is 2.08 bits per heavy atom. The molecule has 136 valence electrons. The molecule has 0 aliphatic heterocycles. The third kappa shape index (κ3) is 3.15. The van der Waals surface area contributed by atoms with Gasteiger partial charge in [-0.1, -0.05) is 48.5 Å². The predicted molar refractivity (Wildman–Crippen MR) is 101 cm³/mol. The second-order valence-electron chi connectivity index (χ2n) is 7.18. The van der Waals surface area contributed by atoms with Crippen molar-refractivity contribution in [2.45, 2.75) is 18.3 Å². The van der Waals surface area contributed by atoms with E-state index in [1.165, 1.54) is 22.3 Å². The number of fused-ring (bicyclic) bond motifs is 1. The highest BCUT2D eigenvalue weighted by Crippen LogP contribution is 2.54. The van der Waals surface area contributed by atoms with Gasteiger partial charge in [0, 0.05) is 18.4 Å². The lowest BCUT2D eigenvalue weighted by molar-refractivity contribution is -0.120. The van der Waals surface area contributed by atoms with Gasteiger partial charge >= 0.3 is 0 Å². The molecule has 1 amide bonds. The molecule has 0 unspecified atom stereocenters. The molecule has 0 spiro atoms. The average Bonchev–Trinajstić information content (AvgIpc) is 2.64. The topological polar surface area (TPSA) is 75.3 Å². The molecule has 6 heteroatoms. The molecule has 0 saturated heterocycles. The molecular weight excluding hydrogens is 348 g/mol. The van der Waals surface area contributed by atoms with Crippen molar-refractivity contribution >= 4 is 15.9 Å². The summed E-state index contributed by atoms with van der Waals surface area (Å²) >= 11 is 0. The Morgan fingerprint density at radius 2 is 1.54 bits per heavy atom. The van der Waals surface area contributed by atoms with Crippen molar-refractivity contribution in [1.82, 2.24) is 10.0 Å². The normalized spacial score (nSPS) is 23.2. The van der Waals surface area contributed by atoms with Gasteiger partial charge in [0.05, 0.1) is 12.8 Å². The van der Waals surface area contributed by atoms with E-state index in [4.69, 9.17) is 0 Å². The third-order valence-corrected chi connectivity index (χ3v) is 6.15. The van der Waals surface area contributed by atoms with E-state index in [0.29, 0.717) is 18.4 Å². The van der Waals surface area contributed by atoms with Gasteiger partial charge in [-0.2, -0.15) is 0 Å². The smallest absolute Gasteiger partial charge is 0.235 e. The summed E-state index contributed by atoms with van der Waals surface area (Å²) in [4.78, 5) is 12.0. The van der Waals surface area contributed by atoms with Crippen LogP contribution in [0.3, 0.4) is 0 Å². The summed E-state index contributed by atoms with van der Waals surface area (Å²) < 4.78 is 24.5. The summed E-state index contributed by atoms with van der Waals surface area (Å²) in [6.45, 7) is 0.334. The van der Waals surface area contributed by atoms with Gasteiger partial charge in [-0.3, -0.25) is 4.79 Å². The van der Waals surface area contributed by atoms with Crippen LogP contribution in [-0.4, -0.2) is 33.7 Å². The highest BCUT2D eigenvalue weighted by molar-refractivity contribution is 7.88. The van der Waals surface area contributed by atoms with E-state index >= 15 is 0 Å². The van der Waals surface area contributed by atoms with Crippen molar-refractivity contribution in [3.63, 3.8) is 0 Å². The van der Waals surface area contributed by atoms with E-state index in [1.54, 1.807) is 0 Å². The van der Waals surface area contributed by atoms with E-state index in [-0.39, 0.29) is 18.4 Å². The van der Waals surface area contributed by atoms with Crippen molar-refractivity contribution in [3.8, 4) is 0 Å². The van der Waals surface area contributed by atoms with E-state index in [0.717, 1.165) is 12.7 Å². The first kappa shape index (κ1) is 17.2. The number of hydrogen-bond acceptors (Lipinski definition) is 3. The lowest BCUT2D eigenvalue weighted by Crippen LogP contribution is -2.42. The van der Waals surface area contributed by atoms with Crippen LogP contribution >= 0.6 is 0 Å². The number of amides is 1. The number of nitrogens with one attached hydrogen (secondary N) is 2. The van der Waals surface area contributed by atoms with Crippen molar-refractivity contribution in [3.05, 3.63) is 70.8 Å². The van der Waals surface area contributed by atoms with Gasteiger partial charge in [-0.15, -0.1) is 0 Å². The maximum absolute atomic E-state index is 12.0. The Balaban J connectivity index is 1.54. The minimum atomic E-state index is -3.36. The van der Waals surface area contributed by atoms with Gasteiger partial charge in [-0.05, 0) is 34.6 Å².